The summed E-state index contributed by atoms with van der Waals surface area (Å²) in [5, 5.41) is 28.9. The first-order valence-electron chi connectivity index (χ1n) is 18.6. The highest BCUT2D eigenvalue weighted by Crippen LogP contribution is 2.26. The van der Waals surface area contributed by atoms with Crippen LogP contribution in [-0.2, 0) is 25.5 Å². The monoisotopic (exact) mass is 794 g/mol. The van der Waals surface area contributed by atoms with Gasteiger partial charge in [0, 0.05) is 10.8 Å². The Morgan fingerprint density at radius 1 is 0.727 bits per heavy atom. The second-order valence-electron chi connectivity index (χ2n) is 14.3. The number of nitrogens with one attached hydrogen (secondary N) is 5. The van der Waals surface area contributed by atoms with Gasteiger partial charge in [0.1, 0.15) is 45.6 Å². The van der Waals surface area contributed by atoms with E-state index in [0.29, 0.717) is 29.3 Å². The molecule has 10 atom stereocenters. The fraction of sp³-hybridized carbons (Fsp3) is 0.526. The number of carbonyl (C=O) groups excluding carboxylic acids is 5. The molecule has 2 aliphatic rings. The number of rotatable bonds is 7. The number of aliphatic imine (C=N–C) groups is 1. The molecule has 4 heterocycles. The average molecular weight is 795 g/mol. The molecule has 15 nitrogen and oxygen atoms in total. The lowest BCUT2D eigenvalue weighted by Crippen LogP contribution is -2.58. The number of thiazole rings is 2. The summed E-state index contributed by atoms with van der Waals surface area (Å²) in [5.41, 5.74) is 1.09. The van der Waals surface area contributed by atoms with Crippen LogP contribution >= 0.6 is 22.7 Å². The normalized spacial score (nSPS) is 27.2. The third-order valence-corrected chi connectivity index (χ3v) is 12.0. The zero-order valence-corrected chi connectivity index (χ0v) is 33.6. The maximum Gasteiger partial charge on any atom is 0.271 e. The fourth-order valence-corrected chi connectivity index (χ4v) is 7.89. The summed E-state index contributed by atoms with van der Waals surface area (Å²) < 4.78 is 6.16. The summed E-state index contributed by atoms with van der Waals surface area (Å²) >= 11 is 2.35. The Hall–Kier alpha value is -4.74. The van der Waals surface area contributed by atoms with Crippen molar-refractivity contribution in [1.29, 1.82) is 0 Å². The van der Waals surface area contributed by atoms with Crippen LogP contribution in [0.4, 0.5) is 0 Å². The van der Waals surface area contributed by atoms with E-state index >= 15 is 0 Å². The van der Waals surface area contributed by atoms with Crippen molar-refractivity contribution in [2.45, 2.75) is 116 Å². The first-order chi connectivity index (χ1) is 26.2. The van der Waals surface area contributed by atoms with Crippen molar-refractivity contribution in [3.63, 3.8) is 0 Å². The topological polar surface area (TPSA) is 213 Å². The van der Waals surface area contributed by atoms with Gasteiger partial charge in [0.15, 0.2) is 6.04 Å². The molecule has 0 radical (unpaired) electrons. The molecular weight excluding hydrogens is 745 g/mol. The molecule has 55 heavy (non-hydrogen) atoms. The van der Waals surface area contributed by atoms with Crippen molar-refractivity contribution < 1.29 is 33.8 Å². The molecule has 0 unspecified atom stereocenters. The van der Waals surface area contributed by atoms with E-state index in [0.717, 1.165) is 16.9 Å². The van der Waals surface area contributed by atoms with Crippen LogP contribution < -0.4 is 26.6 Å². The Bertz CT molecular complexity index is 1880. The van der Waals surface area contributed by atoms with Crippen LogP contribution in [0.1, 0.15) is 110 Å². The summed E-state index contributed by atoms with van der Waals surface area (Å²) in [6.45, 7) is 12.4. The predicted octanol–water partition coefficient (Wildman–Crippen LogP) is 3.23. The minimum atomic E-state index is -1.37. The van der Waals surface area contributed by atoms with E-state index in [-0.39, 0.29) is 29.1 Å². The SMILES string of the molecule is CC[C@H](C)[C@@H]1NC(=O)c2csc(n2)[C@@H](C)NC(=O)[C@H]([C@@H](C)O)NC(=O)[C@@H]([C@@H](C)CC)NC(=O)c2csc(n2)[C@@H](Cc2ccccc2)NC(=O)[C@H]2N=C1O[C@@H]2C. The Morgan fingerprint density at radius 3 is 1.91 bits per heavy atom. The molecule has 5 rings (SSSR count). The van der Waals surface area contributed by atoms with E-state index in [9.17, 15) is 29.1 Å². The van der Waals surface area contributed by atoms with Crippen molar-refractivity contribution >= 4 is 58.1 Å². The van der Waals surface area contributed by atoms with E-state index in [1.165, 1.54) is 18.3 Å². The maximum absolute atomic E-state index is 14.0. The Kier molecular flexibility index (Phi) is 13.8. The van der Waals surface area contributed by atoms with Crippen molar-refractivity contribution in [3.05, 3.63) is 68.1 Å². The van der Waals surface area contributed by atoms with Gasteiger partial charge >= 0.3 is 0 Å². The minimum Gasteiger partial charge on any atom is -0.474 e. The van der Waals surface area contributed by atoms with Crippen LogP contribution in [-0.4, -0.2) is 86.9 Å². The van der Waals surface area contributed by atoms with Crippen molar-refractivity contribution in [2.24, 2.45) is 16.8 Å². The van der Waals surface area contributed by atoms with Crippen LogP contribution in [0.25, 0.3) is 0 Å². The largest absolute Gasteiger partial charge is 0.474 e. The molecule has 3 aromatic rings. The van der Waals surface area contributed by atoms with Gasteiger partial charge in [0.2, 0.25) is 23.6 Å². The third-order valence-electron chi connectivity index (χ3n) is 10.0. The maximum atomic E-state index is 14.0. The number of hydrogen-bond donors (Lipinski definition) is 6. The van der Waals surface area contributed by atoms with Crippen molar-refractivity contribution in [1.82, 2.24) is 36.6 Å². The van der Waals surface area contributed by atoms with Crippen molar-refractivity contribution in [2.75, 3.05) is 0 Å². The Labute approximate surface area is 328 Å². The third kappa shape index (κ3) is 9.93. The zero-order valence-electron chi connectivity index (χ0n) is 32.0. The zero-order chi connectivity index (χ0) is 40.0. The van der Waals surface area contributed by atoms with Gasteiger partial charge in [-0.3, -0.25) is 24.0 Å². The van der Waals surface area contributed by atoms with E-state index in [1.54, 1.807) is 31.5 Å². The number of fused-ring (bicyclic) bond motifs is 5. The molecule has 6 bridgehead atoms. The van der Waals surface area contributed by atoms with Crippen LogP contribution in [0.5, 0.6) is 0 Å². The Morgan fingerprint density at radius 2 is 1.29 bits per heavy atom. The molecule has 0 saturated carbocycles. The van der Waals surface area contributed by atoms with E-state index in [2.05, 4.69) is 36.6 Å². The van der Waals surface area contributed by atoms with E-state index in [1.807, 2.05) is 51.1 Å². The Balaban J connectivity index is 1.54. The number of nitrogens with zero attached hydrogens (tertiary/aromatic N) is 3. The fourth-order valence-electron chi connectivity index (χ4n) is 6.23. The van der Waals surface area contributed by atoms with Gasteiger partial charge < -0.3 is 36.4 Å². The quantitative estimate of drug-likeness (QED) is 0.207. The summed E-state index contributed by atoms with van der Waals surface area (Å²) in [4.78, 5) is 82.3. The van der Waals surface area contributed by atoms with Crippen LogP contribution in [0.2, 0.25) is 0 Å². The standard InChI is InChI=1S/C38H50N8O7S2/c1-8-18(3)27-33(50)45-29(21(6)47)34(51)39-20(5)37-41-25(16-54-37)32(49)44-28(19(4)9-2)36-46-30(22(7)53-36)35(52)40-24(15-23-13-11-10-12-14-23)38-42-26(17-55-38)31(48)43-27/h10-14,16-22,24,27-30,47H,8-9,15H2,1-7H3,(H,39,51)(H,40,52)(H,43,48)(H,44,49)(H,45,50)/t18-,19-,20+,21+,22+,24+,27+,28-,29-,30-/m0/s1. The molecular formula is C38H50N8O7S2. The van der Waals surface area contributed by atoms with Crippen LogP contribution in [0.3, 0.4) is 0 Å². The number of ether oxygens (including phenoxy) is 1. The molecule has 0 spiro atoms. The first kappa shape index (κ1) is 41.4. The summed E-state index contributed by atoms with van der Waals surface area (Å²) in [6, 6.07) is 4.16. The molecule has 1 aromatic carbocycles. The van der Waals surface area contributed by atoms with Gasteiger partial charge in [0.25, 0.3) is 11.8 Å². The molecule has 0 saturated heterocycles. The number of amides is 5. The molecule has 2 aromatic heterocycles. The van der Waals surface area contributed by atoms with Crippen LogP contribution in [0.15, 0.2) is 46.1 Å². The van der Waals surface area contributed by atoms with Crippen molar-refractivity contribution in [3.8, 4) is 0 Å². The van der Waals surface area contributed by atoms with Gasteiger partial charge in [-0.25, -0.2) is 15.0 Å². The number of aromatic nitrogens is 2. The minimum absolute atomic E-state index is 0.0503. The van der Waals surface area contributed by atoms with Crippen LogP contribution in [0, 0.1) is 11.8 Å². The first-order valence-corrected chi connectivity index (χ1v) is 20.4. The van der Waals surface area contributed by atoms with Gasteiger partial charge in [-0.15, -0.1) is 22.7 Å². The second-order valence-corrected chi connectivity index (χ2v) is 16.0. The highest BCUT2D eigenvalue weighted by atomic mass is 32.1. The summed E-state index contributed by atoms with van der Waals surface area (Å²) in [5.74, 6) is -3.08. The smallest absolute Gasteiger partial charge is 0.271 e. The number of aliphatic hydroxyl groups excluding tert-OH is 1. The highest BCUT2D eigenvalue weighted by Gasteiger charge is 2.40. The number of carbonyl (C=O) groups is 5. The second kappa shape index (κ2) is 18.3. The van der Waals surface area contributed by atoms with Gasteiger partial charge in [0.05, 0.1) is 18.2 Å². The van der Waals surface area contributed by atoms with E-state index < -0.39 is 78.0 Å². The lowest BCUT2D eigenvalue weighted by atomic mass is 9.97. The molecule has 6 N–H and O–H groups in total. The lowest BCUT2D eigenvalue weighted by Gasteiger charge is -2.28. The molecule has 0 fully saturated rings. The number of benzene rings is 1. The summed E-state index contributed by atoms with van der Waals surface area (Å²) in [7, 11) is 0. The molecule has 2 aliphatic heterocycles. The predicted molar refractivity (Wildman–Crippen MR) is 209 cm³/mol. The average Bonchev–Trinajstić information content (AvgIpc) is 3.94. The molecule has 296 valence electrons. The number of hydrogen-bond acceptors (Lipinski definition) is 12. The van der Waals surface area contributed by atoms with Gasteiger partial charge in [-0.2, -0.15) is 0 Å². The molecule has 0 aliphatic carbocycles. The summed E-state index contributed by atoms with van der Waals surface area (Å²) in [6.07, 6.45) is -0.395. The van der Waals surface area contributed by atoms with Gasteiger partial charge in [-0.05, 0) is 44.6 Å². The molecule has 5 amide bonds. The van der Waals surface area contributed by atoms with E-state index in [4.69, 9.17) is 9.73 Å². The van der Waals surface area contributed by atoms with Gasteiger partial charge in [-0.1, -0.05) is 70.9 Å². The number of aliphatic hydroxyl groups is 1. The highest BCUT2D eigenvalue weighted by molar-refractivity contribution is 7.10. The lowest BCUT2D eigenvalue weighted by molar-refractivity contribution is -0.133. The molecule has 17 heteroatoms.